The maximum atomic E-state index is 11.3. The average molecular weight is 185 g/mol. The van der Waals surface area contributed by atoms with E-state index >= 15 is 0 Å². The second-order valence-electron chi connectivity index (χ2n) is 3.29. The molecule has 0 aliphatic carbocycles. The highest BCUT2D eigenvalue weighted by atomic mass is 16.5. The molecule has 1 rings (SSSR count). The number of hydrogen-bond donors (Lipinski definition) is 0. The van der Waals surface area contributed by atoms with E-state index in [9.17, 15) is 9.59 Å². The van der Waals surface area contributed by atoms with Gasteiger partial charge in [-0.2, -0.15) is 0 Å². The summed E-state index contributed by atoms with van der Waals surface area (Å²) in [5, 5.41) is 0. The van der Waals surface area contributed by atoms with Crippen LogP contribution in [0.4, 0.5) is 0 Å². The molecule has 1 aliphatic heterocycles. The summed E-state index contributed by atoms with van der Waals surface area (Å²) in [6, 6.07) is -0.350. The number of β-lactam (4-membered cyclic amide) rings is 1. The third kappa shape index (κ3) is 1.53. The van der Waals surface area contributed by atoms with Crippen LogP contribution in [0.3, 0.4) is 0 Å². The molecule has 13 heavy (non-hydrogen) atoms. The van der Waals surface area contributed by atoms with Gasteiger partial charge in [0.2, 0.25) is 5.91 Å². The molecule has 1 aliphatic rings. The zero-order valence-corrected chi connectivity index (χ0v) is 8.24. The van der Waals surface area contributed by atoms with E-state index in [0.29, 0.717) is 6.54 Å². The Kier molecular flexibility index (Phi) is 2.90. The lowest BCUT2D eigenvalue weighted by atomic mass is 9.89. The fourth-order valence-corrected chi connectivity index (χ4v) is 1.66. The predicted molar refractivity (Wildman–Crippen MR) is 47.0 cm³/mol. The first-order valence-electron chi connectivity index (χ1n) is 4.51. The van der Waals surface area contributed by atoms with E-state index in [1.54, 1.807) is 11.8 Å². The standard InChI is InChI=1S/C9H15NO3/c1-4-5-10-7(9(12)13-3)6(2)8(10)11/h6-7H,4-5H2,1-3H3. The van der Waals surface area contributed by atoms with Gasteiger partial charge in [0.05, 0.1) is 13.0 Å². The minimum Gasteiger partial charge on any atom is -0.467 e. The molecule has 74 valence electrons. The Balaban J connectivity index is 2.62. The molecule has 0 bridgehead atoms. The van der Waals surface area contributed by atoms with Crippen molar-refractivity contribution in [2.45, 2.75) is 26.3 Å². The molecule has 0 aromatic rings. The Morgan fingerprint density at radius 3 is 2.69 bits per heavy atom. The van der Waals surface area contributed by atoms with Gasteiger partial charge in [-0.15, -0.1) is 0 Å². The number of ether oxygens (including phenoxy) is 1. The van der Waals surface area contributed by atoms with E-state index in [4.69, 9.17) is 0 Å². The molecule has 4 nitrogen and oxygen atoms in total. The molecule has 0 spiro atoms. The summed E-state index contributed by atoms with van der Waals surface area (Å²) in [5.74, 6) is -0.461. The lowest BCUT2D eigenvalue weighted by molar-refractivity contribution is -0.171. The van der Waals surface area contributed by atoms with Crippen molar-refractivity contribution in [1.82, 2.24) is 4.90 Å². The summed E-state index contributed by atoms with van der Waals surface area (Å²) >= 11 is 0. The summed E-state index contributed by atoms with van der Waals surface area (Å²) in [7, 11) is 1.35. The van der Waals surface area contributed by atoms with Crippen LogP contribution in [0.15, 0.2) is 0 Å². The van der Waals surface area contributed by atoms with Gasteiger partial charge in [-0.05, 0) is 6.42 Å². The topological polar surface area (TPSA) is 46.6 Å². The van der Waals surface area contributed by atoms with Gasteiger partial charge in [-0.1, -0.05) is 13.8 Å². The Hall–Kier alpha value is -1.06. The van der Waals surface area contributed by atoms with Crippen molar-refractivity contribution in [2.24, 2.45) is 5.92 Å². The number of esters is 1. The van der Waals surface area contributed by atoms with Crippen molar-refractivity contribution < 1.29 is 14.3 Å². The zero-order chi connectivity index (χ0) is 10.0. The summed E-state index contributed by atoms with van der Waals surface area (Å²) in [5.41, 5.74) is 0. The Bertz CT molecular complexity index is 227. The van der Waals surface area contributed by atoms with Crippen LogP contribution in [0.2, 0.25) is 0 Å². The SMILES string of the molecule is CCCN1C(=O)C(C)C1C(=O)OC. The Morgan fingerprint density at radius 2 is 2.23 bits per heavy atom. The predicted octanol–water partition coefficient (Wildman–Crippen LogP) is 0.416. The quantitative estimate of drug-likeness (QED) is 0.473. The maximum absolute atomic E-state index is 11.3. The lowest BCUT2D eigenvalue weighted by Crippen LogP contribution is -2.63. The van der Waals surface area contributed by atoms with Crippen molar-refractivity contribution in [2.75, 3.05) is 13.7 Å². The van der Waals surface area contributed by atoms with Crippen LogP contribution in [0.5, 0.6) is 0 Å². The van der Waals surface area contributed by atoms with E-state index in [1.165, 1.54) is 7.11 Å². The average Bonchev–Trinajstić information content (AvgIpc) is 2.16. The molecular weight excluding hydrogens is 170 g/mol. The molecule has 0 aromatic heterocycles. The Labute approximate surface area is 77.8 Å². The fourth-order valence-electron chi connectivity index (χ4n) is 1.66. The van der Waals surface area contributed by atoms with Gasteiger partial charge in [0.1, 0.15) is 6.04 Å². The van der Waals surface area contributed by atoms with E-state index in [0.717, 1.165) is 6.42 Å². The van der Waals surface area contributed by atoms with Gasteiger partial charge in [-0.25, -0.2) is 4.79 Å². The van der Waals surface area contributed by atoms with Crippen LogP contribution in [0.1, 0.15) is 20.3 Å². The normalized spacial score (nSPS) is 27.0. The molecule has 0 saturated carbocycles. The molecule has 2 unspecified atom stereocenters. The van der Waals surface area contributed by atoms with Crippen LogP contribution in [-0.2, 0) is 14.3 Å². The number of nitrogens with zero attached hydrogens (tertiary/aromatic N) is 1. The first-order valence-corrected chi connectivity index (χ1v) is 4.51. The first kappa shape index (κ1) is 10.0. The molecule has 0 aromatic carbocycles. The highest BCUT2D eigenvalue weighted by Gasteiger charge is 2.48. The lowest BCUT2D eigenvalue weighted by Gasteiger charge is -2.43. The van der Waals surface area contributed by atoms with Crippen molar-refractivity contribution in [3.05, 3.63) is 0 Å². The minimum absolute atomic E-state index is 0.0530. The highest BCUT2D eigenvalue weighted by molar-refractivity contribution is 5.96. The van der Waals surface area contributed by atoms with Crippen LogP contribution >= 0.6 is 0 Å². The molecule has 0 radical (unpaired) electrons. The van der Waals surface area contributed by atoms with Crippen molar-refractivity contribution in [3.8, 4) is 0 Å². The molecule has 4 heteroatoms. The molecule has 1 amide bonds. The van der Waals surface area contributed by atoms with Gasteiger partial charge in [0.25, 0.3) is 0 Å². The molecule has 2 atom stereocenters. The van der Waals surface area contributed by atoms with E-state index in [-0.39, 0.29) is 23.8 Å². The van der Waals surface area contributed by atoms with E-state index < -0.39 is 0 Å². The number of amides is 1. The third-order valence-electron chi connectivity index (χ3n) is 2.39. The van der Waals surface area contributed by atoms with Crippen molar-refractivity contribution >= 4 is 11.9 Å². The van der Waals surface area contributed by atoms with Crippen LogP contribution in [-0.4, -0.2) is 36.5 Å². The Morgan fingerprint density at radius 1 is 1.62 bits per heavy atom. The number of likely N-dealkylation sites (tertiary alicyclic amines) is 1. The molecule has 1 saturated heterocycles. The van der Waals surface area contributed by atoms with Gasteiger partial charge in [0, 0.05) is 6.54 Å². The van der Waals surface area contributed by atoms with Gasteiger partial charge < -0.3 is 9.64 Å². The maximum Gasteiger partial charge on any atom is 0.329 e. The third-order valence-corrected chi connectivity index (χ3v) is 2.39. The largest absolute Gasteiger partial charge is 0.467 e. The minimum atomic E-state index is -0.350. The molecular formula is C9H15NO3. The number of carbonyl (C=O) groups is 2. The smallest absolute Gasteiger partial charge is 0.329 e. The van der Waals surface area contributed by atoms with E-state index in [1.807, 2.05) is 6.92 Å². The number of rotatable bonds is 3. The summed E-state index contributed by atoms with van der Waals surface area (Å²) in [4.78, 5) is 24.1. The summed E-state index contributed by atoms with van der Waals surface area (Å²) in [6.07, 6.45) is 0.867. The summed E-state index contributed by atoms with van der Waals surface area (Å²) in [6.45, 7) is 4.38. The van der Waals surface area contributed by atoms with Gasteiger partial charge in [-0.3, -0.25) is 4.79 Å². The number of methoxy groups -OCH3 is 1. The second kappa shape index (κ2) is 3.77. The van der Waals surface area contributed by atoms with Gasteiger partial charge in [0.15, 0.2) is 0 Å². The highest BCUT2D eigenvalue weighted by Crippen LogP contribution is 2.27. The number of carbonyl (C=O) groups excluding carboxylic acids is 2. The van der Waals surface area contributed by atoms with Crippen LogP contribution in [0, 0.1) is 5.92 Å². The van der Waals surface area contributed by atoms with Crippen molar-refractivity contribution in [3.63, 3.8) is 0 Å². The molecule has 0 N–H and O–H groups in total. The molecule has 1 heterocycles. The van der Waals surface area contributed by atoms with Crippen LogP contribution in [0.25, 0.3) is 0 Å². The fraction of sp³-hybridized carbons (Fsp3) is 0.778. The second-order valence-corrected chi connectivity index (χ2v) is 3.29. The van der Waals surface area contributed by atoms with Crippen LogP contribution < -0.4 is 0 Å². The zero-order valence-electron chi connectivity index (χ0n) is 8.24. The first-order chi connectivity index (χ1) is 6.13. The van der Waals surface area contributed by atoms with Gasteiger partial charge >= 0.3 is 5.97 Å². The van der Waals surface area contributed by atoms with Crippen molar-refractivity contribution in [1.29, 1.82) is 0 Å². The summed E-state index contributed by atoms with van der Waals surface area (Å²) < 4.78 is 4.62. The van der Waals surface area contributed by atoms with E-state index in [2.05, 4.69) is 4.74 Å². The number of hydrogen-bond acceptors (Lipinski definition) is 3. The monoisotopic (exact) mass is 185 g/mol. The molecule has 1 fully saturated rings.